The van der Waals surface area contributed by atoms with Crippen LogP contribution in [0.5, 0.6) is 0 Å². The maximum atomic E-state index is 13.1. The van der Waals surface area contributed by atoms with E-state index in [4.69, 9.17) is 0 Å². The fourth-order valence-corrected chi connectivity index (χ4v) is 4.75. The number of likely N-dealkylation sites (N-methyl/N-ethyl adjacent to an activating group) is 1. The molecule has 9 nitrogen and oxygen atoms in total. The lowest BCUT2D eigenvalue weighted by atomic mass is 10.00. The minimum atomic E-state index is -3.24. The largest absolute Gasteiger partial charge is 0.339 e. The molecule has 2 saturated heterocycles. The molecule has 1 aromatic heterocycles. The summed E-state index contributed by atoms with van der Waals surface area (Å²) in [6.45, 7) is 5.67. The van der Waals surface area contributed by atoms with Crippen molar-refractivity contribution in [1.82, 2.24) is 24.5 Å². The Morgan fingerprint density at radius 1 is 1.14 bits per heavy atom. The predicted octanol–water partition coefficient (Wildman–Crippen LogP) is -0.225. The first-order chi connectivity index (χ1) is 13.4. The van der Waals surface area contributed by atoms with Gasteiger partial charge in [0.2, 0.25) is 21.9 Å². The van der Waals surface area contributed by atoms with E-state index in [9.17, 15) is 13.2 Å². The average molecular weight is 411 g/mol. The third-order valence-corrected chi connectivity index (χ3v) is 6.88. The number of anilines is 1. The first-order valence-electron chi connectivity index (χ1n) is 9.87. The highest BCUT2D eigenvalue weighted by molar-refractivity contribution is 7.89. The fraction of sp³-hybridized carbons (Fsp3) is 0.722. The smallest absolute Gasteiger partial charge is 0.227 e. The Morgan fingerprint density at radius 2 is 1.82 bits per heavy atom. The predicted molar refractivity (Wildman–Crippen MR) is 107 cm³/mol. The molecule has 2 aliphatic heterocycles. The number of sulfonamides is 1. The summed E-state index contributed by atoms with van der Waals surface area (Å²) in [6, 6.07) is 1.65. The van der Waals surface area contributed by atoms with Crippen molar-refractivity contribution in [2.75, 3.05) is 57.0 Å². The van der Waals surface area contributed by atoms with Gasteiger partial charge in [-0.15, -0.1) is 0 Å². The molecule has 28 heavy (non-hydrogen) atoms. The van der Waals surface area contributed by atoms with Gasteiger partial charge in [0, 0.05) is 57.7 Å². The highest BCUT2D eigenvalue weighted by Crippen LogP contribution is 2.20. The van der Waals surface area contributed by atoms with E-state index in [2.05, 4.69) is 24.5 Å². The molecule has 2 aliphatic rings. The molecule has 0 bridgehead atoms. The number of nitrogens with zero attached hydrogens (tertiary/aromatic N) is 5. The minimum absolute atomic E-state index is 0.0744. The summed E-state index contributed by atoms with van der Waals surface area (Å²) < 4.78 is 26.5. The van der Waals surface area contributed by atoms with Gasteiger partial charge in [0.15, 0.2) is 0 Å². The van der Waals surface area contributed by atoms with Gasteiger partial charge in [-0.1, -0.05) is 0 Å². The Labute approximate surface area is 167 Å². The Morgan fingerprint density at radius 3 is 2.46 bits per heavy atom. The quantitative estimate of drug-likeness (QED) is 0.716. The molecule has 1 N–H and O–H groups in total. The molecule has 0 aliphatic carbocycles. The minimum Gasteiger partial charge on any atom is -0.339 e. The molecular weight excluding hydrogens is 380 g/mol. The van der Waals surface area contributed by atoms with E-state index in [0.29, 0.717) is 45.0 Å². The highest BCUT2D eigenvalue weighted by atomic mass is 32.2. The number of likely N-dealkylation sites (tertiary alicyclic amines) is 1. The van der Waals surface area contributed by atoms with E-state index in [1.807, 2.05) is 11.9 Å². The molecule has 3 heterocycles. The molecular formula is C18H30N6O3S. The number of nitrogens with one attached hydrogen (secondary N) is 1. The number of rotatable bonds is 5. The fourth-order valence-electron chi connectivity index (χ4n) is 3.89. The van der Waals surface area contributed by atoms with Crippen molar-refractivity contribution in [2.24, 2.45) is 5.92 Å². The number of aromatic nitrogens is 2. The molecule has 2 atom stereocenters. The molecule has 10 heteroatoms. The molecule has 0 aromatic carbocycles. The van der Waals surface area contributed by atoms with Crippen LogP contribution in [0.2, 0.25) is 0 Å². The summed E-state index contributed by atoms with van der Waals surface area (Å²) in [6.07, 6.45) is 4.83. The summed E-state index contributed by atoms with van der Waals surface area (Å²) >= 11 is 0. The summed E-state index contributed by atoms with van der Waals surface area (Å²) in [5.74, 6) is 0.848. The summed E-state index contributed by atoms with van der Waals surface area (Å²) in [5, 5.41) is 0. The van der Waals surface area contributed by atoms with Crippen molar-refractivity contribution in [1.29, 1.82) is 0 Å². The van der Waals surface area contributed by atoms with Gasteiger partial charge in [0.25, 0.3) is 0 Å². The molecule has 156 valence electrons. The van der Waals surface area contributed by atoms with Crippen molar-refractivity contribution in [2.45, 2.75) is 25.8 Å². The molecule has 1 aromatic rings. The second kappa shape index (κ2) is 9.15. The number of carbonyl (C=O) groups is 1. The van der Waals surface area contributed by atoms with Gasteiger partial charge in [-0.05, 0) is 32.9 Å². The van der Waals surface area contributed by atoms with Crippen molar-refractivity contribution in [3.8, 4) is 0 Å². The standard InChI is InChI=1S/C18H30N6O3S/c1-3-28(26,27)21-16-6-5-15(13-22(2)14-16)17(25)23-9-11-24(12-10-23)18-19-7-4-8-20-18/h4,7-8,15-16,21H,3,5-6,9-14H2,1-2H3/t15-,16+/m1/s1. The number of hydrogen-bond acceptors (Lipinski definition) is 7. The summed E-state index contributed by atoms with van der Waals surface area (Å²) in [7, 11) is -1.29. The Bertz CT molecular complexity index is 752. The molecule has 1 amide bonds. The summed E-state index contributed by atoms with van der Waals surface area (Å²) in [4.78, 5) is 27.7. The van der Waals surface area contributed by atoms with Gasteiger partial charge in [-0.25, -0.2) is 23.1 Å². The van der Waals surface area contributed by atoms with E-state index in [0.717, 1.165) is 13.1 Å². The lowest BCUT2D eigenvalue weighted by molar-refractivity contribution is -0.136. The van der Waals surface area contributed by atoms with Crippen molar-refractivity contribution >= 4 is 21.9 Å². The van der Waals surface area contributed by atoms with E-state index in [1.54, 1.807) is 25.4 Å². The van der Waals surface area contributed by atoms with Gasteiger partial charge in [0.05, 0.1) is 11.7 Å². The number of piperazine rings is 1. The van der Waals surface area contributed by atoms with E-state index < -0.39 is 10.0 Å². The monoisotopic (exact) mass is 410 g/mol. The van der Waals surface area contributed by atoms with Crippen molar-refractivity contribution in [3.05, 3.63) is 18.5 Å². The third-order valence-electron chi connectivity index (χ3n) is 5.43. The van der Waals surface area contributed by atoms with Crippen LogP contribution in [-0.4, -0.2) is 92.2 Å². The van der Waals surface area contributed by atoms with Crippen LogP contribution in [0.4, 0.5) is 5.95 Å². The van der Waals surface area contributed by atoms with Crippen molar-refractivity contribution < 1.29 is 13.2 Å². The number of hydrogen-bond donors (Lipinski definition) is 1. The Hall–Kier alpha value is -1.78. The molecule has 0 radical (unpaired) electrons. The SMILES string of the molecule is CCS(=O)(=O)N[C@H]1CC[C@@H](C(=O)N2CCN(c3ncccn3)CC2)CN(C)C1. The maximum absolute atomic E-state index is 13.1. The van der Waals surface area contributed by atoms with Crippen LogP contribution in [-0.2, 0) is 14.8 Å². The van der Waals surface area contributed by atoms with Gasteiger partial charge in [-0.2, -0.15) is 0 Å². The van der Waals surface area contributed by atoms with Crippen LogP contribution in [0.1, 0.15) is 19.8 Å². The lowest BCUT2D eigenvalue weighted by Gasteiger charge is -2.36. The zero-order chi connectivity index (χ0) is 20.1. The first kappa shape index (κ1) is 20.9. The van der Waals surface area contributed by atoms with E-state index >= 15 is 0 Å². The molecule has 2 fully saturated rings. The second-order valence-corrected chi connectivity index (χ2v) is 9.62. The van der Waals surface area contributed by atoms with Crippen LogP contribution in [0.3, 0.4) is 0 Å². The van der Waals surface area contributed by atoms with E-state index in [-0.39, 0.29) is 23.6 Å². The van der Waals surface area contributed by atoms with Gasteiger partial charge >= 0.3 is 0 Å². The van der Waals surface area contributed by atoms with Crippen LogP contribution in [0.25, 0.3) is 0 Å². The number of amides is 1. The lowest BCUT2D eigenvalue weighted by Crippen LogP contribution is -2.51. The molecule has 3 rings (SSSR count). The third kappa shape index (κ3) is 5.39. The zero-order valence-corrected chi connectivity index (χ0v) is 17.4. The van der Waals surface area contributed by atoms with Crippen LogP contribution < -0.4 is 9.62 Å². The average Bonchev–Trinajstić information content (AvgIpc) is 2.89. The molecule has 0 spiro atoms. The molecule has 0 unspecified atom stereocenters. The first-order valence-corrected chi connectivity index (χ1v) is 11.5. The Kier molecular flexibility index (Phi) is 6.84. The van der Waals surface area contributed by atoms with Crippen LogP contribution >= 0.6 is 0 Å². The van der Waals surface area contributed by atoms with Gasteiger partial charge in [-0.3, -0.25) is 4.79 Å². The Balaban J connectivity index is 1.54. The summed E-state index contributed by atoms with van der Waals surface area (Å²) in [5.41, 5.74) is 0. The number of carbonyl (C=O) groups excluding carboxylic acids is 1. The highest BCUT2D eigenvalue weighted by Gasteiger charge is 2.32. The normalized spacial score (nSPS) is 24.8. The topological polar surface area (TPSA) is 98.7 Å². The molecule has 0 saturated carbocycles. The second-order valence-electron chi connectivity index (χ2n) is 7.57. The van der Waals surface area contributed by atoms with Gasteiger partial charge in [0.1, 0.15) is 0 Å². The van der Waals surface area contributed by atoms with Gasteiger partial charge < -0.3 is 14.7 Å². The van der Waals surface area contributed by atoms with Crippen molar-refractivity contribution in [3.63, 3.8) is 0 Å². The van der Waals surface area contributed by atoms with E-state index in [1.165, 1.54) is 0 Å². The maximum Gasteiger partial charge on any atom is 0.227 e. The zero-order valence-electron chi connectivity index (χ0n) is 16.6. The van der Waals surface area contributed by atoms with Crippen LogP contribution in [0.15, 0.2) is 18.5 Å². The van der Waals surface area contributed by atoms with Crippen LogP contribution in [0, 0.1) is 5.92 Å².